The smallest absolute Gasteiger partial charge is 0.356 e. The van der Waals surface area contributed by atoms with Crippen LogP contribution in [0.5, 0.6) is 5.75 Å². The summed E-state index contributed by atoms with van der Waals surface area (Å²) >= 11 is 6.14. The van der Waals surface area contributed by atoms with Gasteiger partial charge in [0.15, 0.2) is 0 Å². The molecule has 0 bridgehead atoms. The second kappa shape index (κ2) is 9.33. The number of nitrogens with zero attached hydrogens (tertiary/aromatic N) is 1. The van der Waals surface area contributed by atoms with E-state index in [1.165, 1.54) is 6.07 Å². The maximum absolute atomic E-state index is 13.8. The number of hydrogen-bond donors (Lipinski definition) is 0. The second-order valence-electron chi connectivity index (χ2n) is 6.04. The van der Waals surface area contributed by atoms with Crippen LogP contribution in [0.2, 0.25) is 5.02 Å². The fraction of sp³-hybridized carbons (Fsp3) is 0.182. The van der Waals surface area contributed by atoms with E-state index in [4.69, 9.17) is 21.1 Å². The van der Waals surface area contributed by atoms with E-state index in [9.17, 15) is 9.18 Å². The predicted octanol–water partition coefficient (Wildman–Crippen LogP) is 5.22. The summed E-state index contributed by atoms with van der Waals surface area (Å²) in [6, 6.07) is 16.9. The summed E-state index contributed by atoms with van der Waals surface area (Å²) in [6.07, 6.45) is 0.403. The number of pyridine rings is 1. The Labute approximate surface area is 167 Å². The Bertz CT molecular complexity index is 978. The van der Waals surface area contributed by atoms with Crippen molar-refractivity contribution in [1.82, 2.24) is 4.98 Å². The van der Waals surface area contributed by atoms with Gasteiger partial charge in [0.05, 0.1) is 6.61 Å². The van der Waals surface area contributed by atoms with Crippen molar-refractivity contribution in [1.29, 1.82) is 0 Å². The summed E-state index contributed by atoms with van der Waals surface area (Å²) in [5.41, 5.74) is 2.17. The minimum Gasteiger partial charge on any atom is -0.489 e. The van der Waals surface area contributed by atoms with Gasteiger partial charge < -0.3 is 9.47 Å². The number of carbonyl (C=O) groups excluding carboxylic acids is 1. The van der Waals surface area contributed by atoms with Crippen molar-refractivity contribution >= 4 is 17.6 Å². The minimum atomic E-state index is -0.466. The molecular weight excluding hydrogens is 381 g/mol. The van der Waals surface area contributed by atoms with E-state index >= 15 is 0 Å². The molecule has 0 radical (unpaired) electrons. The molecule has 0 aliphatic rings. The maximum atomic E-state index is 13.8. The molecule has 2 aromatic carbocycles. The van der Waals surface area contributed by atoms with Crippen molar-refractivity contribution in [2.45, 2.75) is 20.0 Å². The largest absolute Gasteiger partial charge is 0.489 e. The Morgan fingerprint density at radius 1 is 1.07 bits per heavy atom. The van der Waals surface area contributed by atoms with Crippen LogP contribution in [0.3, 0.4) is 0 Å². The number of rotatable bonds is 7. The first-order chi connectivity index (χ1) is 13.6. The summed E-state index contributed by atoms with van der Waals surface area (Å²) in [5, 5.41) is 0.551. The van der Waals surface area contributed by atoms with Crippen molar-refractivity contribution in [2.24, 2.45) is 0 Å². The van der Waals surface area contributed by atoms with Gasteiger partial charge in [-0.05, 0) is 43.3 Å². The molecule has 0 amide bonds. The number of hydrogen-bond acceptors (Lipinski definition) is 4. The van der Waals surface area contributed by atoms with E-state index in [0.29, 0.717) is 28.5 Å². The molecule has 0 fully saturated rings. The van der Waals surface area contributed by atoms with E-state index < -0.39 is 5.97 Å². The van der Waals surface area contributed by atoms with Gasteiger partial charge in [-0.2, -0.15) is 0 Å². The lowest BCUT2D eigenvalue weighted by Crippen LogP contribution is -2.08. The van der Waals surface area contributed by atoms with Crippen LogP contribution in [-0.2, 0) is 17.8 Å². The Morgan fingerprint density at radius 3 is 2.68 bits per heavy atom. The fourth-order valence-electron chi connectivity index (χ4n) is 2.69. The summed E-state index contributed by atoms with van der Waals surface area (Å²) in [6.45, 7) is 2.12. The number of halogens is 2. The monoisotopic (exact) mass is 399 g/mol. The highest BCUT2D eigenvalue weighted by Gasteiger charge is 2.12. The van der Waals surface area contributed by atoms with Crippen LogP contribution in [0.1, 0.15) is 34.2 Å². The number of ether oxygens (including phenoxy) is 2. The average molecular weight is 400 g/mol. The van der Waals surface area contributed by atoms with E-state index in [2.05, 4.69) is 4.98 Å². The van der Waals surface area contributed by atoms with Crippen molar-refractivity contribution in [3.8, 4) is 5.75 Å². The Kier molecular flexibility index (Phi) is 6.61. The van der Waals surface area contributed by atoms with E-state index in [-0.39, 0.29) is 24.7 Å². The second-order valence-corrected chi connectivity index (χ2v) is 6.48. The fourth-order valence-corrected chi connectivity index (χ4v) is 2.88. The zero-order valence-electron chi connectivity index (χ0n) is 15.3. The lowest BCUT2D eigenvalue weighted by molar-refractivity contribution is 0.0519. The molecule has 0 spiro atoms. The maximum Gasteiger partial charge on any atom is 0.356 e. The number of carbonyl (C=O) groups is 1. The van der Waals surface area contributed by atoms with Crippen molar-refractivity contribution in [2.75, 3.05) is 6.61 Å². The summed E-state index contributed by atoms with van der Waals surface area (Å²) in [4.78, 5) is 16.3. The summed E-state index contributed by atoms with van der Waals surface area (Å²) in [5.74, 6) is -0.204. The third-order valence-corrected chi connectivity index (χ3v) is 4.26. The molecule has 1 aromatic heterocycles. The minimum absolute atomic E-state index is 0.0948. The van der Waals surface area contributed by atoms with Gasteiger partial charge >= 0.3 is 5.97 Å². The third-order valence-electron chi connectivity index (χ3n) is 4.03. The topological polar surface area (TPSA) is 48.4 Å². The highest BCUT2D eigenvalue weighted by atomic mass is 35.5. The molecule has 0 aliphatic heterocycles. The van der Waals surface area contributed by atoms with E-state index in [0.717, 1.165) is 5.56 Å². The third kappa shape index (κ3) is 5.08. The van der Waals surface area contributed by atoms with Gasteiger partial charge in [0, 0.05) is 28.3 Å². The van der Waals surface area contributed by atoms with Gasteiger partial charge in [-0.15, -0.1) is 0 Å². The van der Waals surface area contributed by atoms with E-state index in [1.807, 2.05) is 6.07 Å². The van der Waals surface area contributed by atoms with Gasteiger partial charge in [-0.3, -0.25) is 0 Å². The standard InChI is InChI=1S/C22H19ClFNO3/c1-2-27-22(26)20-9-5-7-18(25-20)13-16-12-17(23)10-11-21(16)28-14-15-6-3-4-8-19(15)24/h3-12H,2,13-14H2,1H3. The molecule has 144 valence electrons. The molecule has 0 saturated heterocycles. The van der Waals surface area contributed by atoms with Crippen molar-refractivity contribution in [3.05, 3.63) is 94.0 Å². The van der Waals surface area contributed by atoms with Gasteiger partial charge in [0.1, 0.15) is 23.9 Å². The van der Waals surface area contributed by atoms with Gasteiger partial charge in [0.2, 0.25) is 0 Å². The lowest BCUT2D eigenvalue weighted by atomic mass is 10.1. The molecule has 0 atom stereocenters. The Hall–Kier alpha value is -2.92. The summed E-state index contributed by atoms with van der Waals surface area (Å²) < 4.78 is 24.7. The molecule has 0 N–H and O–H groups in total. The van der Waals surface area contributed by atoms with Crippen molar-refractivity contribution in [3.63, 3.8) is 0 Å². The molecule has 3 aromatic rings. The first kappa shape index (κ1) is 19.8. The lowest BCUT2D eigenvalue weighted by Gasteiger charge is -2.13. The molecular formula is C22H19ClFNO3. The van der Waals surface area contributed by atoms with Crippen LogP contribution in [0.4, 0.5) is 4.39 Å². The molecule has 6 heteroatoms. The first-order valence-corrected chi connectivity index (χ1v) is 9.22. The quantitative estimate of drug-likeness (QED) is 0.511. The van der Waals surface area contributed by atoms with Gasteiger partial charge in [-0.1, -0.05) is 35.9 Å². The molecule has 28 heavy (non-hydrogen) atoms. The molecule has 3 rings (SSSR count). The van der Waals surface area contributed by atoms with Crippen LogP contribution in [-0.4, -0.2) is 17.6 Å². The van der Waals surface area contributed by atoms with Crippen LogP contribution < -0.4 is 4.74 Å². The number of aromatic nitrogens is 1. The predicted molar refractivity (Wildman–Crippen MR) is 105 cm³/mol. The van der Waals surface area contributed by atoms with Crippen LogP contribution in [0.15, 0.2) is 60.7 Å². The number of benzene rings is 2. The molecule has 0 unspecified atom stereocenters. The summed E-state index contributed by atoms with van der Waals surface area (Å²) in [7, 11) is 0. The molecule has 1 heterocycles. The van der Waals surface area contributed by atoms with Crippen LogP contribution in [0.25, 0.3) is 0 Å². The zero-order chi connectivity index (χ0) is 19.9. The normalized spacial score (nSPS) is 10.5. The van der Waals surface area contributed by atoms with Gasteiger partial charge in [0.25, 0.3) is 0 Å². The zero-order valence-corrected chi connectivity index (χ0v) is 16.1. The van der Waals surface area contributed by atoms with E-state index in [1.54, 1.807) is 55.5 Å². The highest BCUT2D eigenvalue weighted by Crippen LogP contribution is 2.26. The van der Waals surface area contributed by atoms with Crippen LogP contribution in [0, 0.1) is 5.82 Å². The Morgan fingerprint density at radius 2 is 1.89 bits per heavy atom. The molecule has 0 saturated carbocycles. The van der Waals surface area contributed by atoms with Crippen LogP contribution >= 0.6 is 11.6 Å². The van der Waals surface area contributed by atoms with Crippen molar-refractivity contribution < 1.29 is 18.7 Å². The average Bonchev–Trinajstić information content (AvgIpc) is 2.69. The Balaban J connectivity index is 1.80. The molecule has 0 aliphatic carbocycles. The number of esters is 1. The first-order valence-electron chi connectivity index (χ1n) is 8.84. The van der Waals surface area contributed by atoms with Gasteiger partial charge in [-0.25, -0.2) is 14.2 Å². The SMILES string of the molecule is CCOC(=O)c1cccc(Cc2cc(Cl)ccc2OCc2ccccc2F)n1. The highest BCUT2D eigenvalue weighted by molar-refractivity contribution is 6.30. The molecule has 4 nitrogen and oxygen atoms in total.